The molecule has 21 heavy (non-hydrogen) atoms. The Hall–Kier alpha value is -1.53. The molecule has 0 fully saturated rings. The van der Waals surface area contributed by atoms with Crippen LogP contribution in [0.5, 0.6) is 0 Å². The van der Waals surface area contributed by atoms with Crippen LogP contribution in [-0.2, 0) is 6.18 Å². The van der Waals surface area contributed by atoms with Gasteiger partial charge in [0.25, 0.3) is 0 Å². The Balaban J connectivity index is 2.10. The Labute approximate surface area is 125 Å². The first-order valence-corrected chi connectivity index (χ1v) is 7.32. The van der Waals surface area contributed by atoms with Crippen LogP contribution in [0, 0.1) is 6.92 Å². The lowest BCUT2D eigenvalue weighted by molar-refractivity contribution is -0.138. The van der Waals surface area contributed by atoms with Crippen molar-refractivity contribution in [2.24, 2.45) is 5.73 Å². The number of aromatic nitrogens is 1. The number of pyridine rings is 1. The van der Waals surface area contributed by atoms with Gasteiger partial charge >= 0.3 is 6.18 Å². The molecule has 0 saturated carbocycles. The van der Waals surface area contributed by atoms with Gasteiger partial charge in [-0.05, 0) is 25.1 Å². The fraction of sp³-hybridized carbons (Fsp3) is 0.267. The van der Waals surface area contributed by atoms with Gasteiger partial charge in [-0.3, -0.25) is 4.98 Å². The van der Waals surface area contributed by atoms with Crippen molar-refractivity contribution < 1.29 is 13.2 Å². The minimum absolute atomic E-state index is 0.0320. The highest BCUT2D eigenvalue weighted by atomic mass is 32.2. The lowest BCUT2D eigenvalue weighted by Crippen LogP contribution is -2.19. The highest BCUT2D eigenvalue weighted by Gasteiger charge is 2.34. The summed E-state index contributed by atoms with van der Waals surface area (Å²) in [7, 11) is 0. The molecule has 0 aliphatic heterocycles. The summed E-state index contributed by atoms with van der Waals surface area (Å²) in [6, 6.07) is 8.02. The fourth-order valence-electron chi connectivity index (χ4n) is 1.87. The van der Waals surface area contributed by atoms with Crippen LogP contribution >= 0.6 is 11.8 Å². The lowest BCUT2D eigenvalue weighted by Gasteiger charge is -2.17. The first kappa shape index (κ1) is 15.9. The zero-order valence-electron chi connectivity index (χ0n) is 11.4. The number of nitrogens with two attached hydrogens (primary N) is 1. The Kier molecular flexibility index (Phi) is 4.90. The molecule has 0 bridgehead atoms. The summed E-state index contributed by atoms with van der Waals surface area (Å²) in [5.74, 6) is 0.359. The molecule has 1 aromatic carbocycles. The number of thioether (sulfide) groups is 1. The number of alkyl halides is 3. The van der Waals surface area contributed by atoms with Gasteiger partial charge in [0.05, 0.1) is 5.56 Å². The van der Waals surface area contributed by atoms with Gasteiger partial charge in [0, 0.05) is 34.6 Å². The normalized spacial score (nSPS) is 13.2. The molecule has 1 unspecified atom stereocenters. The van der Waals surface area contributed by atoms with E-state index in [1.807, 2.05) is 31.2 Å². The second-order valence-electron chi connectivity index (χ2n) is 4.69. The van der Waals surface area contributed by atoms with Gasteiger partial charge in [-0.1, -0.05) is 17.7 Å². The monoisotopic (exact) mass is 312 g/mol. The summed E-state index contributed by atoms with van der Waals surface area (Å²) in [6.07, 6.45) is -2.08. The molecule has 1 heterocycles. The molecule has 0 saturated heterocycles. The second-order valence-corrected chi connectivity index (χ2v) is 5.78. The predicted molar refractivity (Wildman–Crippen MR) is 78.1 cm³/mol. The summed E-state index contributed by atoms with van der Waals surface area (Å²) < 4.78 is 38.8. The van der Waals surface area contributed by atoms with Gasteiger partial charge in [0.15, 0.2) is 0 Å². The van der Waals surface area contributed by atoms with Crippen molar-refractivity contribution in [3.63, 3.8) is 0 Å². The number of benzene rings is 1. The third-order valence-electron chi connectivity index (χ3n) is 3.01. The number of nitrogens with zero attached hydrogens (tertiary/aromatic N) is 1. The SMILES string of the molecule is Cc1ccc(SCC(N)c2cnccc2C(F)(F)F)cc1. The van der Waals surface area contributed by atoms with Crippen molar-refractivity contribution in [2.75, 3.05) is 5.75 Å². The zero-order chi connectivity index (χ0) is 15.5. The van der Waals surface area contributed by atoms with Crippen LogP contribution in [0.2, 0.25) is 0 Å². The van der Waals surface area contributed by atoms with E-state index in [1.54, 1.807) is 0 Å². The number of halogens is 3. The van der Waals surface area contributed by atoms with Crippen molar-refractivity contribution in [1.29, 1.82) is 0 Å². The van der Waals surface area contributed by atoms with Crippen molar-refractivity contribution >= 4 is 11.8 Å². The van der Waals surface area contributed by atoms with Gasteiger partial charge < -0.3 is 5.73 Å². The summed E-state index contributed by atoms with van der Waals surface area (Å²) in [5, 5.41) is 0. The van der Waals surface area contributed by atoms with E-state index in [0.29, 0.717) is 5.75 Å². The van der Waals surface area contributed by atoms with Crippen molar-refractivity contribution in [1.82, 2.24) is 4.98 Å². The second kappa shape index (κ2) is 6.49. The smallest absolute Gasteiger partial charge is 0.323 e. The molecular weight excluding hydrogens is 297 g/mol. The molecule has 1 aromatic heterocycles. The molecule has 0 amide bonds. The summed E-state index contributed by atoms with van der Waals surface area (Å²) in [6.45, 7) is 1.98. The topological polar surface area (TPSA) is 38.9 Å². The largest absolute Gasteiger partial charge is 0.416 e. The number of hydrogen-bond donors (Lipinski definition) is 1. The van der Waals surface area contributed by atoms with E-state index in [-0.39, 0.29) is 5.56 Å². The predicted octanol–water partition coefficient (Wildman–Crippen LogP) is 4.20. The molecule has 0 radical (unpaired) electrons. The summed E-state index contributed by atoms with van der Waals surface area (Å²) in [5.41, 5.74) is 6.36. The maximum atomic E-state index is 12.9. The van der Waals surface area contributed by atoms with E-state index in [4.69, 9.17) is 5.73 Å². The lowest BCUT2D eigenvalue weighted by atomic mass is 10.0. The Morgan fingerprint density at radius 2 is 1.86 bits per heavy atom. The van der Waals surface area contributed by atoms with Crippen LogP contribution in [0.25, 0.3) is 0 Å². The molecule has 2 N–H and O–H groups in total. The first-order chi connectivity index (χ1) is 9.88. The molecular formula is C15H15F3N2S. The van der Waals surface area contributed by atoms with Crippen LogP contribution < -0.4 is 5.73 Å². The van der Waals surface area contributed by atoms with Gasteiger partial charge in [-0.25, -0.2) is 0 Å². The summed E-state index contributed by atoms with van der Waals surface area (Å²) >= 11 is 1.43. The van der Waals surface area contributed by atoms with Crippen molar-refractivity contribution in [3.05, 3.63) is 59.4 Å². The van der Waals surface area contributed by atoms with Gasteiger partial charge in [0.1, 0.15) is 0 Å². The average Bonchev–Trinajstić information content (AvgIpc) is 2.45. The molecule has 2 aromatic rings. The molecule has 0 aliphatic carbocycles. The third kappa shape index (κ3) is 4.22. The van der Waals surface area contributed by atoms with Crippen LogP contribution in [0.4, 0.5) is 13.2 Å². The van der Waals surface area contributed by atoms with Crippen molar-refractivity contribution in [2.45, 2.75) is 24.0 Å². The molecule has 6 heteroatoms. The van der Waals surface area contributed by atoms with Crippen molar-refractivity contribution in [3.8, 4) is 0 Å². The molecule has 2 nitrogen and oxygen atoms in total. The fourth-order valence-corrected chi connectivity index (χ4v) is 2.75. The molecule has 1 atom stereocenters. The number of rotatable bonds is 4. The third-order valence-corrected chi connectivity index (χ3v) is 4.14. The van der Waals surface area contributed by atoms with Gasteiger partial charge in [-0.15, -0.1) is 11.8 Å². The van der Waals surface area contributed by atoms with Crippen LogP contribution in [0.1, 0.15) is 22.7 Å². The summed E-state index contributed by atoms with van der Waals surface area (Å²) in [4.78, 5) is 4.74. The Bertz CT molecular complexity index is 597. The van der Waals surface area contributed by atoms with E-state index in [1.165, 1.54) is 18.0 Å². The maximum Gasteiger partial charge on any atom is 0.416 e. The van der Waals surface area contributed by atoms with Crippen LogP contribution in [-0.4, -0.2) is 10.7 Å². The minimum atomic E-state index is -4.41. The minimum Gasteiger partial charge on any atom is -0.323 e. The zero-order valence-corrected chi connectivity index (χ0v) is 12.2. The number of hydrogen-bond acceptors (Lipinski definition) is 3. The maximum absolute atomic E-state index is 12.9. The highest BCUT2D eigenvalue weighted by molar-refractivity contribution is 7.99. The van der Waals surface area contributed by atoms with Crippen LogP contribution in [0.3, 0.4) is 0 Å². The van der Waals surface area contributed by atoms with Gasteiger partial charge in [-0.2, -0.15) is 13.2 Å². The Morgan fingerprint density at radius 1 is 1.19 bits per heavy atom. The number of aryl methyl sites for hydroxylation is 1. The molecule has 0 spiro atoms. The molecule has 112 valence electrons. The Morgan fingerprint density at radius 3 is 2.48 bits per heavy atom. The van der Waals surface area contributed by atoms with E-state index in [9.17, 15) is 13.2 Å². The molecule has 2 rings (SSSR count). The van der Waals surface area contributed by atoms with E-state index in [2.05, 4.69) is 4.98 Å². The van der Waals surface area contributed by atoms with E-state index in [0.717, 1.165) is 22.7 Å². The van der Waals surface area contributed by atoms with E-state index >= 15 is 0 Å². The van der Waals surface area contributed by atoms with Crippen LogP contribution in [0.15, 0.2) is 47.6 Å². The first-order valence-electron chi connectivity index (χ1n) is 6.34. The average molecular weight is 312 g/mol. The van der Waals surface area contributed by atoms with Gasteiger partial charge in [0.2, 0.25) is 0 Å². The van der Waals surface area contributed by atoms with E-state index < -0.39 is 17.8 Å². The standard InChI is InChI=1S/C15H15F3N2S/c1-10-2-4-11(5-3-10)21-9-14(19)12-8-20-7-6-13(12)15(16,17)18/h2-8,14H,9,19H2,1H3. The molecule has 0 aliphatic rings. The quantitative estimate of drug-likeness (QED) is 0.860. The highest BCUT2D eigenvalue weighted by Crippen LogP contribution is 2.34.